The van der Waals surface area contributed by atoms with Crippen molar-refractivity contribution in [2.24, 2.45) is 0 Å². The quantitative estimate of drug-likeness (QED) is 0.905. The van der Waals surface area contributed by atoms with Gasteiger partial charge in [0.25, 0.3) is 0 Å². The van der Waals surface area contributed by atoms with E-state index in [0.717, 1.165) is 25.0 Å². The molecule has 0 radical (unpaired) electrons. The summed E-state index contributed by atoms with van der Waals surface area (Å²) in [5.41, 5.74) is 0. The van der Waals surface area contributed by atoms with E-state index in [1.54, 1.807) is 0 Å². The van der Waals surface area contributed by atoms with Gasteiger partial charge in [-0.15, -0.1) is 0 Å². The lowest BCUT2D eigenvalue weighted by Gasteiger charge is -2.23. The Morgan fingerprint density at radius 3 is 2.68 bits per heavy atom. The van der Waals surface area contributed by atoms with E-state index in [1.165, 1.54) is 10.4 Å². The number of hydrogen-bond acceptors (Lipinski definition) is 3. The molecule has 1 aromatic rings. The van der Waals surface area contributed by atoms with Gasteiger partial charge >= 0.3 is 0 Å². The number of carbonyl (C=O) groups excluding carboxylic acids is 1. The highest BCUT2D eigenvalue weighted by Crippen LogP contribution is 2.29. The molecule has 1 aliphatic heterocycles. The predicted octanol–water partition coefficient (Wildman–Crippen LogP) is 1.91. The molecule has 2 fully saturated rings. The first-order valence-electron chi connectivity index (χ1n) is 7.17. The van der Waals surface area contributed by atoms with Crippen LogP contribution in [0.2, 0.25) is 5.02 Å². The van der Waals surface area contributed by atoms with E-state index in [-0.39, 0.29) is 28.4 Å². The van der Waals surface area contributed by atoms with Gasteiger partial charge in [0.1, 0.15) is 11.9 Å². The van der Waals surface area contributed by atoms with Crippen molar-refractivity contribution in [3.8, 4) is 0 Å². The van der Waals surface area contributed by atoms with Crippen molar-refractivity contribution in [2.45, 2.75) is 42.7 Å². The topological polar surface area (TPSA) is 66.5 Å². The second kappa shape index (κ2) is 5.79. The van der Waals surface area contributed by atoms with Gasteiger partial charge in [-0.05, 0) is 43.9 Å². The first-order valence-corrected chi connectivity index (χ1v) is 8.98. The van der Waals surface area contributed by atoms with Gasteiger partial charge in [-0.3, -0.25) is 4.79 Å². The maximum absolute atomic E-state index is 13.2. The molecule has 1 aromatic carbocycles. The average Bonchev–Trinajstić information content (AvgIpc) is 3.13. The summed E-state index contributed by atoms with van der Waals surface area (Å²) < 4.78 is 39.8. The number of nitrogens with one attached hydrogen (secondary N) is 1. The van der Waals surface area contributed by atoms with Gasteiger partial charge in [0.15, 0.2) is 0 Å². The summed E-state index contributed by atoms with van der Waals surface area (Å²) in [4.78, 5) is 12.1. The number of benzene rings is 1. The highest BCUT2D eigenvalue weighted by Gasteiger charge is 2.40. The summed E-state index contributed by atoms with van der Waals surface area (Å²) >= 11 is 5.67. The van der Waals surface area contributed by atoms with Crippen molar-refractivity contribution < 1.29 is 17.6 Å². The van der Waals surface area contributed by atoms with E-state index in [2.05, 4.69) is 5.32 Å². The second-order valence-corrected chi connectivity index (χ2v) is 7.93. The van der Waals surface area contributed by atoms with Crippen LogP contribution in [0.5, 0.6) is 0 Å². The first-order chi connectivity index (χ1) is 10.4. The molecule has 2 aliphatic rings. The Bertz CT molecular complexity index is 706. The third-order valence-corrected chi connectivity index (χ3v) is 6.12. The minimum atomic E-state index is -3.87. The molecule has 1 aliphatic carbocycles. The highest BCUT2D eigenvalue weighted by molar-refractivity contribution is 7.89. The van der Waals surface area contributed by atoms with Gasteiger partial charge in [-0.2, -0.15) is 4.31 Å². The molecule has 1 saturated carbocycles. The third kappa shape index (κ3) is 2.98. The van der Waals surface area contributed by atoms with Crippen LogP contribution in [-0.4, -0.2) is 37.3 Å². The number of amides is 1. The van der Waals surface area contributed by atoms with E-state index in [4.69, 9.17) is 11.6 Å². The average molecular weight is 347 g/mol. The fourth-order valence-corrected chi connectivity index (χ4v) is 4.52. The normalized spacial score (nSPS) is 22.7. The van der Waals surface area contributed by atoms with Crippen LogP contribution in [0.3, 0.4) is 0 Å². The van der Waals surface area contributed by atoms with Crippen LogP contribution < -0.4 is 5.32 Å². The number of carbonyl (C=O) groups is 1. The minimum Gasteiger partial charge on any atom is -0.352 e. The van der Waals surface area contributed by atoms with Crippen LogP contribution in [0.4, 0.5) is 4.39 Å². The molecule has 0 spiro atoms. The summed E-state index contributed by atoms with van der Waals surface area (Å²) in [6.45, 7) is 0.278. The minimum absolute atomic E-state index is 0.0926. The monoisotopic (exact) mass is 346 g/mol. The molecule has 1 N–H and O–H groups in total. The Labute approximate surface area is 133 Å². The molecule has 8 heteroatoms. The van der Waals surface area contributed by atoms with Crippen LogP contribution in [-0.2, 0) is 14.8 Å². The van der Waals surface area contributed by atoms with Gasteiger partial charge in [-0.1, -0.05) is 11.6 Å². The van der Waals surface area contributed by atoms with E-state index in [9.17, 15) is 17.6 Å². The second-order valence-electron chi connectivity index (χ2n) is 5.63. The fraction of sp³-hybridized carbons (Fsp3) is 0.500. The third-order valence-electron chi connectivity index (χ3n) is 3.93. The summed E-state index contributed by atoms with van der Waals surface area (Å²) in [5.74, 6) is -0.929. The zero-order chi connectivity index (χ0) is 15.9. The molecule has 1 saturated heterocycles. The van der Waals surface area contributed by atoms with Crippen LogP contribution in [0, 0.1) is 5.82 Å². The summed E-state index contributed by atoms with van der Waals surface area (Å²) in [6, 6.07) is 2.75. The number of rotatable bonds is 4. The van der Waals surface area contributed by atoms with Gasteiger partial charge in [-0.25, -0.2) is 12.8 Å². The van der Waals surface area contributed by atoms with Crippen LogP contribution in [0.15, 0.2) is 23.1 Å². The lowest BCUT2D eigenvalue weighted by atomic mass is 10.2. The van der Waals surface area contributed by atoms with E-state index in [0.29, 0.717) is 12.8 Å². The molecule has 1 atom stereocenters. The lowest BCUT2D eigenvalue weighted by Crippen LogP contribution is -2.46. The molecule has 1 heterocycles. The van der Waals surface area contributed by atoms with Gasteiger partial charge in [0, 0.05) is 12.6 Å². The molecule has 120 valence electrons. The zero-order valence-corrected chi connectivity index (χ0v) is 13.3. The molecule has 0 unspecified atom stereocenters. The predicted molar refractivity (Wildman–Crippen MR) is 79.5 cm³/mol. The molecule has 0 bridgehead atoms. The molecule has 0 aromatic heterocycles. The van der Waals surface area contributed by atoms with Crippen molar-refractivity contribution in [1.82, 2.24) is 9.62 Å². The first kappa shape index (κ1) is 15.7. The highest BCUT2D eigenvalue weighted by atomic mass is 35.5. The van der Waals surface area contributed by atoms with Crippen molar-refractivity contribution >= 4 is 27.5 Å². The molecule has 22 heavy (non-hydrogen) atoms. The maximum atomic E-state index is 13.2. The Morgan fingerprint density at radius 1 is 1.32 bits per heavy atom. The van der Waals surface area contributed by atoms with E-state index in [1.807, 2.05) is 0 Å². The fourth-order valence-electron chi connectivity index (χ4n) is 2.59. The van der Waals surface area contributed by atoms with E-state index >= 15 is 0 Å². The smallest absolute Gasteiger partial charge is 0.243 e. The molecule has 3 rings (SSSR count). The number of sulfonamides is 1. The summed E-state index contributed by atoms with van der Waals surface area (Å²) in [5, 5.41) is 2.59. The van der Waals surface area contributed by atoms with Crippen molar-refractivity contribution in [3.63, 3.8) is 0 Å². The SMILES string of the molecule is O=C(NC1CC1)[C@H]1CCCN1S(=O)(=O)c1ccc(F)c(Cl)c1. The van der Waals surface area contributed by atoms with Gasteiger partial charge in [0.05, 0.1) is 9.92 Å². The standard InChI is InChI=1S/C14H16ClFN2O3S/c15-11-8-10(5-6-12(11)16)22(20,21)18-7-1-2-13(18)14(19)17-9-3-4-9/h5-6,8-9,13H,1-4,7H2,(H,17,19)/t13-/m1/s1. The van der Waals surface area contributed by atoms with Crippen molar-refractivity contribution in [2.75, 3.05) is 6.54 Å². The van der Waals surface area contributed by atoms with Gasteiger partial charge < -0.3 is 5.32 Å². The number of halogens is 2. The number of nitrogens with zero attached hydrogens (tertiary/aromatic N) is 1. The zero-order valence-electron chi connectivity index (χ0n) is 11.8. The molecule has 5 nitrogen and oxygen atoms in total. The molecule has 1 amide bonds. The lowest BCUT2D eigenvalue weighted by molar-refractivity contribution is -0.124. The van der Waals surface area contributed by atoms with E-state index < -0.39 is 21.9 Å². The molecular weight excluding hydrogens is 331 g/mol. The Hall–Kier alpha value is -1.18. The van der Waals surface area contributed by atoms with Crippen molar-refractivity contribution in [3.05, 3.63) is 29.0 Å². The summed E-state index contributed by atoms with van der Waals surface area (Å²) in [7, 11) is -3.87. The van der Waals surface area contributed by atoms with Crippen LogP contribution in [0.25, 0.3) is 0 Å². The Kier molecular flexibility index (Phi) is 4.13. The Morgan fingerprint density at radius 2 is 2.05 bits per heavy atom. The largest absolute Gasteiger partial charge is 0.352 e. The van der Waals surface area contributed by atoms with Crippen molar-refractivity contribution in [1.29, 1.82) is 0 Å². The molecular formula is C14H16ClFN2O3S. The van der Waals surface area contributed by atoms with Crippen LogP contribution in [0.1, 0.15) is 25.7 Å². The van der Waals surface area contributed by atoms with Crippen LogP contribution >= 0.6 is 11.6 Å². The summed E-state index contributed by atoms with van der Waals surface area (Å²) in [6.07, 6.45) is 3.00. The Balaban J connectivity index is 1.86. The maximum Gasteiger partial charge on any atom is 0.243 e. The number of hydrogen-bond donors (Lipinski definition) is 1. The van der Waals surface area contributed by atoms with Gasteiger partial charge in [0.2, 0.25) is 15.9 Å².